The van der Waals surface area contributed by atoms with Gasteiger partial charge in [0, 0.05) is 6.20 Å². The minimum absolute atomic E-state index is 0.317. The quantitative estimate of drug-likeness (QED) is 0.469. The van der Waals surface area contributed by atoms with Gasteiger partial charge in [0.15, 0.2) is 0 Å². The number of hydrogen-bond donors (Lipinski definition) is 4. The van der Waals surface area contributed by atoms with Crippen molar-refractivity contribution in [3.05, 3.63) is 18.0 Å². The molecule has 0 amide bonds. The predicted octanol–water partition coefficient (Wildman–Crippen LogP) is -1.44. The molecular formula is C8H12N2O4. The number of aromatic amines is 1. The van der Waals surface area contributed by atoms with E-state index < -0.39 is 24.4 Å². The molecule has 78 valence electrons. The molecule has 1 unspecified atom stereocenters. The maximum Gasteiger partial charge on any atom is 0.128 e. The lowest BCUT2D eigenvalue weighted by Crippen LogP contribution is -2.32. The van der Waals surface area contributed by atoms with Crippen molar-refractivity contribution in [2.45, 2.75) is 24.4 Å². The van der Waals surface area contributed by atoms with Gasteiger partial charge in [-0.15, -0.1) is 0 Å². The van der Waals surface area contributed by atoms with Crippen LogP contribution in [-0.4, -0.2) is 50.4 Å². The molecule has 1 fully saturated rings. The second-order valence-corrected chi connectivity index (χ2v) is 3.27. The summed E-state index contributed by atoms with van der Waals surface area (Å²) in [5.74, 6) is 0. The Balaban J connectivity index is 2.16. The molecule has 2 rings (SSSR count). The van der Waals surface area contributed by atoms with Crippen LogP contribution in [0.2, 0.25) is 0 Å². The van der Waals surface area contributed by atoms with Gasteiger partial charge in [0.1, 0.15) is 24.4 Å². The van der Waals surface area contributed by atoms with Crippen LogP contribution in [0, 0.1) is 0 Å². The average Bonchev–Trinajstić information content (AvgIpc) is 2.78. The first-order valence-electron chi connectivity index (χ1n) is 4.35. The Morgan fingerprint density at radius 1 is 1.43 bits per heavy atom. The van der Waals surface area contributed by atoms with E-state index in [1.807, 2.05) is 0 Å². The van der Waals surface area contributed by atoms with Crippen molar-refractivity contribution >= 4 is 0 Å². The molecule has 4 N–H and O–H groups in total. The van der Waals surface area contributed by atoms with E-state index in [0.29, 0.717) is 5.69 Å². The minimum Gasteiger partial charge on any atom is -0.394 e. The Hall–Kier alpha value is -0.950. The van der Waals surface area contributed by atoms with Gasteiger partial charge in [-0.1, -0.05) is 0 Å². The summed E-state index contributed by atoms with van der Waals surface area (Å²) in [7, 11) is 0. The lowest BCUT2D eigenvalue weighted by Gasteiger charge is -2.11. The monoisotopic (exact) mass is 200 g/mol. The summed E-state index contributed by atoms with van der Waals surface area (Å²) in [6.07, 6.45) is -1.95. The van der Waals surface area contributed by atoms with Gasteiger partial charge in [-0.3, -0.25) is 5.10 Å². The van der Waals surface area contributed by atoms with E-state index in [4.69, 9.17) is 9.84 Å². The van der Waals surface area contributed by atoms with Crippen molar-refractivity contribution in [1.82, 2.24) is 10.2 Å². The molecule has 0 radical (unpaired) electrons. The van der Waals surface area contributed by atoms with Crippen molar-refractivity contribution < 1.29 is 20.1 Å². The molecule has 0 saturated carbocycles. The molecule has 0 aromatic carbocycles. The first kappa shape index (κ1) is 9.60. The minimum atomic E-state index is -1.06. The number of nitrogens with one attached hydrogen (secondary N) is 1. The van der Waals surface area contributed by atoms with Crippen LogP contribution in [0.1, 0.15) is 11.8 Å². The summed E-state index contributed by atoms with van der Waals surface area (Å²) in [6.45, 7) is -0.317. The van der Waals surface area contributed by atoms with E-state index in [9.17, 15) is 10.2 Å². The normalized spacial score (nSPS) is 37.6. The predicted molar refractivity (Wildman–Crippen MR) is 45.3 cm³/mol. The van der Waals surface area contributed by atoms with Crippen molar-refractivity contribution in [3.63, 3.8) is 0 Å². The summed E-state index contributed by atoms with van der Waals surface area (Å²) >= 11 is 0. The highest BCUT2D eigenvalue weighted by atomic mass is 16.6. The second-order valence-electron chi connectivity index (χ2n) is 3.27. The molecule has 1 aliphatic rings. The summed E-state index contributed by atoms with van der Waals surface area (Å²) in [5.41, 5.74) is 0.590. The number of ether oxygens (including phenoxy) is 1. The van der Waals surface area contributed by atoms with Gasteiger partial charge in [-0.05, 0) is 6.07 Å². The fourth-order valence-corrected chi connectivity index (χ4v) is 1.58. The Morgan fingerprint density at radius 2 is 2.21 bits per heavy atom. The summed E-state index contributed by atoms with van der Waals surface area (Å²) in [6, 6.07) is 1.65. The third-order valence-corrected chi connectivity index (χ3v) is 2.37. The van der Waals surface area contributed by atoms with E-state index in [2.05, 4.69) is 10.2 Å². The molecule has 1 aromatic heterocycles. The molecule has 1 aliphatic heterocycles. The van der Waals surface area contributed by atoms with Crippen LogP contribution < -0.4 is 0 Å². The van der Waals surface area contributed by atoms with Crippen LogP contribution in [-0.2, 0) is 4.74 Å². The van der Waals surface area contributed by atoms with Gasteiger partial charge < -0.3 is 20.1 Å². The molecule has 2 heterocycles. The van der Waals surface area contributed by atoms with Gasteiger partial charge in [-0.2, -0.15) is 5.10 Å². The van der Waals surface area contributed by atoms with Crippen molar-refractivity contribution in [1.29, 1.82) is 0 Å². The highest BCUT2D eigenvalue weighted by molar-refractivity contribution is 5.09. The molecule has 4 atom stereocenters. The summed E-state index contributed by atoms with van der Waals surface area (Å²) in [4.78, 5) is 0. The summed E-state index contributed by atoms with van der Waals surface area (Å²) in [5, 5.41) is 34.3. The van der Waals surface area contributed by atoms with E-state index in [0.717, 1.165) is 0 Å². The number of aliphatic hydroxyl groups excluding tert-OH is 3. The number of H-pyrrole nitrogens is 1. The number of aliphatic hydroxyl groups is 3. The van der Waals surface area contributed by atoms with E-state index >= 15 is 0 Å². The van der Waals surface area contributed by atoms with Crippen molar-refractivity contribution in [3.8, 4) is 0 Å². The zero-order valence-corrected chi connectivity index (χ0v) is 7.37. The second kappa shape index (κ2) is 3.66. The van der Waals surface area contributed by atoms with Crippen LogP contribution >= 0.6 is 0 Å². The average molecular weight is 200 g/mol. The number of aromatic nitrogens is 2. The smallest absolute Gasteiger partial charge is 0.128 e. The number of nitrogens with zero attached hydrogens (tertiary/aromatic N) is 1. The van der Waals surface area contributed by atoms with Crippen LogP contribution in [0.5, 0.6) is 0 Å². The number of hydrogen-bond acceptors (Lipinski definition) is 5. The molecule has 1 saturated heterocycles. The maximum absolute atomic E-state index is 9.60. The highest BCUT2D eigenvalue weighted by Crippen LogP contribution is 2.31. The molecule has 0 aliphatic carbocycles. The van der Waals surface area contributed by atoms with Crippen LogP contribution in [0.3, 0.4) is 0 Å². The lowest BCUT2D eigenvalue weighted by atomic mass is 10.1. The molecule has 0 bridgehead atoms. The van der Waals surface area contributed by atoms with Gasteiger partial charge in [0.05, 0.1) is 12.3 Å². The molecule has 6 nitrogen and oxygen atoms in total. The van der Waals surface area contributed by atoms with Gasteiger partial charge in [0.25, 0.3) is 0 Å². The van der Waals surface area contributed by atoms with Gasteiger partial charge >= 0.3 is 0 Å². The topological polar surface area (TPSA) is 98.6 Å². The summed E-state index contributed by atoms with van der Waals surface area (Å²) < 4.78 is 5.26. The van der Waals surface area contributed by atoms with E-state index in [1.54, 1.807) is 6.07 Å². The maximum atomic E-state index is 9.60. The fraction of sp³-hybridized carbons (Fsp3) is 0.625. The molecule has 14 heavy (non-hydrogen) atoms. The lowest BCUT2D eigenvalue weighted by molar-refractivity contribution is -0.0239. The van der Waals surface area contributed by atoms with Gasteiger partial charge in [-0.25, -0.2) is 0 Å². The zero-order chi connectivity index (χ0) is 10.1. The Labute approximate surface area is 80.1 Å². The van der Waals surface area contributed by atoms with Crippen LogP contribution in [0.25, 0.3) is 0 Å². The first-order valence-corrected chi connectivity index (χ1v) is 4.35. The third-order valence-electron chi connectivity index (χ3n) is 2.37. The van der Waals surface area contributed by atoms with Crippen molar-refractivity contribution in [2.75, 3.05) is 6.61 Å². The zero-order valence-electron chi connectivity index (χ0n) is 7.37. The van der Waals surface area contributed by atoms with E-state index in [1.165, 1.54) is 6.20 Å². The standard InChI is InChI=1S/C8H12N2O4/c11-3-5-6(12)7(13)8(14-5)4-1-2-9-10-4/h1-2,5-8,11-13H,3H2,(H,9,10)/t5-,6-,7-,8?/m1/s1. The van der Waals surface area contributed by atoms with Crippen LogP contribution in [0.4, 0.5) is 0 Å². The molecule has 6 heteroatoms. The highest BCUT2D eigenvalue weighted by Gasteiger charge is 2.43. The fourth-order valence-electron chi connectivity index (χ4n) is 1.58. The third kappa shape index (κ3) is 1.42. The Morgan fingerprint density at radius 3 is 2.71 bits per heavy atom. The number of rotatable bonds is 2. The Kier molecular flexibility index (Phi) is 2.51. The molecule has 0 spiro atoms. The molecule has 1 aromatic rings. The first-order chi connectivity index (χ1) is 6.74. The molecular weight excluding hydrogens is 188 g/mol. The Bertz CT molecular complexity index is 290. The van der Waals surface area contributed by atoms with Crippen molar-refractivity contribution in [2.24, 2.45) is 0 Å². The van der Waals surface area contributed by atoms with Gasteiger partial charge in [0.2, 0.25) is 0 Å². The SMILES string of the molecule is OC[C@H]1OC(c2ccn[nH]2)[C@H](O)[C@@H]1O. The van der Waals surface area contributed by atoms with E-state index in [-0.39, 0.29) is 6.61 Å². The largest absolute Gasteiger partial charge is 0.394 e. The van der Waals surface area contributed by atoms with Crippen LogP contribution in [0.15, 0.2) is 12.3 Å².